The third-order valence-corrected chi connectivity index (χ3v) is 6.65. The second-order valence-electron chi connectivity index (χ2n) is 7.58. The highest BCUT2D eigenvalue weighted by atomic mass is 32.2. The Morgan fingerprint density at radius 1 is 1.00 bits per heavy atom. The predicted molar refractivity (Wildman–Crippen MR) is 130 cm³/mol. The smallest absolute Gasteiger partial charge is 0.251 e. The van der Waals surface area contributed by atoms with E-state index < -0.39 is 33.7 Å². The number of ether oxygens (including phenoxy) is 1. The van der Waals surface area contributed by atoms with E-state index in [1.165, 1.54) is 37.4 Å². The molecule has 0 aliphatic heterocycles. The standard InChI is InChI=1S/C25H26FN3O5S/c1-3-27-35(32,33)23-14-13-20(16-22(23)34-2)28-25(31)21(15-17-7-5-4-6-8-17)29-24(30)18-9-11-19(26)12-10-18/h4-14,16,21,27H,3,15H2,1-2H3,(H,28,31)(H,29,30)/t21-/m0/s1. The second kappa shape index (κ2) is 11.6. The Labute approximate surface area is 203 Å². The minimum absolute atomic E-state index is 0.0544. The lowest BCUT2D eigenvalue weighted by Crippen LogP contribution is -2.45. The first-order chi connectivity index (χ1) is 16.7. The van der Waals surface area contributed by atoms with Crippen LogP contribution < -0.4 is 20.1 Å². The first-order valence-corrected chi connectivity index (χ1v) is 12.3. The van der Waals surface area contributed by atoms with Gasteiger partial charge in [0.15, 0.2) is 0 Å². The van der Waals surface area contributed by atoms with E-state index in [0.717, 1.165) is 17.7 Å². The number of carbonyl (C=O) groups excluding carboxylic acids is 2. The zero-order chi connectivity index (χ0) is 25.4. The molecule has 184 valence electrons. The van der Waals surface area contributed by atoms with Gasteiger partial charge in [0.2, 0.25) is 15.9 Å². The zero-order valence-corrected chi connectivity index (χ0v) is 20.1. The van der Waals surface area contributed by atoms with E-state index in [1.807, 2.05) is 30.3 Å². The Bertz CT molecular complexity index is 1280. The number of carbonyl (C=O) groups is 2. The van der Waals surface area contributed by atoms with Crippen molar-refractivity contribution in [1.82, 2.24) is 10.0 Å². The number of benzene rings is 3. The van der Waals surface area contributed by atoms with Crippen molar-refractivity contribution in [2.75, 3.05) is 19.0 Å². The fourth-order valence-electron chi connectivity index (χ4n) is 3.37. The van der Waals surface area contributed by atoms with E-state index in [-0.39, 0.29) is 34.9 Å². The molecule has 0 saturated heterocycles. The van der Waals surface area contributed by atoms with Gasteiger partial charge in [-0.25, -0.2) is 17.5 Å². The summed E-state index contributed by atoms with van der Waals surface area (Å²) in [5.41, 5.74) is 1.31. The van der Waals surface area contributed by atoms with Gasteiger partial charge in [0.05, 0.1) is 7.11 Å². The quantitative estimate of drug-likeness (QED) is 0.397. The number of nitrogens with one attached hydrogen (secondary N) is 3. The molecular weight excluding hydrogens is 473 g/mol. The lowest BCUT2D eigenvalue weighted by molar-refractivity contribution is -0.118. The molecule has 0 saturated carbocycles. The molecule has 0 aliphatic rings. The molecule has 0 unspecified atom stereocenters. The van der Waals surface area contributed by atoms with Crippen LogP contribution in [0.1, 0.15) is 22.8 Å². The first-order valence-electron chi connectivity index (χ1n) is 10.8. The molecule has 0 radical (unpaired) electrons. The maximum Gasteiger partial charge on any atom is 0.251 e. The van der Waals surface area contributed by atoms with E-state index in [1.54, 1.807) is 6.92 Å². The fourth-order valence-corrected chi connectivity index (χ4v) is 4.56. The van der Waals surface area contributed by atoms with Gasteiger partial charge in [-0.05, 0) is 42.0 Å². The maximum absolute atomic E-state index is 13.2. The van der Waals surface area contributed by atoms with Crippen molar-refractivity contribution >= 4 is 27.5 Å². The summed E-state index contributed by atoms with van der Waals surface area (Å²) in [7, 11) is -2.45. The van der Waals surface area contributed by atoms with Gasteiger partial charge in [-0.2, -0.15) is 0 Å². The average molecular weight is 500 g/mol. The van der Waals surface area contributed by atoms with Gasteiger partial charge in [-0.3, -0.25) is 9.59 Å². The highest BCUT2D eigenvalue weighted by Crippen LogP contribution is 2.27. The van der Waals surface area contributed by atoms with E-state index in [2.05, 4.69) is 15.4 Å². The van der Waals surface area contributed by atoms with E-state index in [0.29, 0.717) is 0 Å². The van der Waals surface area contributed by atoms with Gasteiger partial charge < -0.3 is 15.4 Å². The molecule has 10 heteroatoms. The van der Waals surface area contributed by atoms with Crippen LogP contribution in [-0.2, 0) is 21.2 Å². The number of anilines is 1. The van der Waals surface area contributed by atoms with Gasteiger partial charge in [-0.15, -0.1) is 0 Å². The van der Waals surface area contributed by atoms with Crippen LogP contribution in [0.15, 0.2) is 77.7 Å². The Balaban J connectivity index is 1.84. The molecule has 3 rings (SSSR count). The van der Waals surface area contributed by atoms with Crippen LogP contribution in [0.2, 0.25) is 0 Å². The van der Waals surface area contributed by atoms with Crippen LogP contribution in [0, 0.1) is 5.82 Å². The molecule has 1 atom stereocenters. The third-order valence-electron chi connectivity index (χ3n) is 5.07. The summed E-state index contributed by atoms with van der Waals surface area (Å²) in [6.07, 6.45) is 0.198. The number of rotatable bonds is 10. The molecular formula is C25H26FN3O5S. The van der Waals surface area contributed by atoms with Crippen LogP contribution in [0.3, 0.4) is 0 Å². The summed E-state index contributed by atoms with van der Waals surface area (Å²) in [6.45, 7) is 1.87. The summed E-state index contributed by atoms with van der Waals surface area (Å²) in [5.74, 6) is -1.48. The predicted octanol–water partition coefficient (Wildman–Crippen LogP) is 3.11. The normalized spacial score (nSPS) is 12.0. The SMILES string of the molecule is CCNS(=O)(=O)c1ccc(NC(=O)[C@H](Cc2ccccc2)NC(=O)c2ccc(F)cc2)cc1OC. The van der Waals surface area contributed by atoms with Crippen LogP contribution in [-0.4, -0.2) is 39.9 Å². The summed E-state index contributed by atoms with van der Waals surface area (Å²) >= 11 is 0. The summed E-state index contributed by atoms with van der Waals surface area (Å²) in [6, 6.07) is 17.3. The minimum Gasteiger partial charge on any atom is -0.495 e. The highest BCUT2D eigenvalue weighted by molar-refractivity contribution is 7.89. The van der Waals surface area contributed by atoms with Gasteiger partial charge in [0.1, 0.15) is 22.5 Å². The molecule has 3 aromatic carbocycles. The molecule has 3 N–H and O–H groups in total. The Morgan fingerprint density at radius 3 is 2.31 bits per heavy atom. The largest absolute Gasteiger partial charge is 0.495 e. The first kappa shape index (κ1) is 25.9. The lowest BCUT2D eigenvalue weighted by atomic mass is 10.0. The zero-order valence-electron chi connectivity index (χ0n) is 19.2. The van der Waals surface area contributed by atoms with E-state index in [9.17, 15) is 22.4 Å². The van der Waals surface area contributed by atoms with E-state index in [4.69, 9.17) is 4.74 Å². The van der Waals surface area contributed by atoms with Crippen LogP contribution >= 0.6 is 0 Å². The molecule has 2 amide bonds. The molecule has 0 bridgehead atoms. The van der Waals surface area contributed by atoms with Crippen LogP contribution in [0.4, 0.5) is 10.1 Å². The second-order valence-corrected chi connectivity index (χ2v) is 9.31. The average Bonchev–Trinajstić information content (AvgIpc) is 2.84. The van der Waals surface area contributed by atoms with Crippen LogP contribution in [0.5, 0.6) is 5.75 Å². The van der Waals surface area contributed by atoms with Gasteiger partial charge in [0.25, 0.3) is 5.91 Å². The van der Waals surface area contributed by atoms with Crippen molar-refractivity contribution < 1.29 is 27.1 Å². The molecule has 3 aromatic rings. The van der Waals surface area contributed by atoms with Gasteiger partial charge in [-0.1, -0.05) is 37.3 Å². The van der Waals surface area contributed by atoms with Crippen molar-refractivity contribution in [3.8, 4) is 5.75 Å². The van der Waals surface area contributed by atoms with Gasteiger partial charge in [0, 0.05) is 30.3 Å². The maximum atomic E-state index is 13.2. The van der Waals surface area contributed by atoms with Crippen molar-refractivity contribution in [2.24, 2.45) is 0 Å². The van der Waals surface area contributed by atoms with Crippen molar-refractivity contribution in [3.63, 3.8) is 0 Å². The minimum atomic E-state index is -3.78. The molecule has 0 heterocycles. The number of sulfonamides is 1. The molecule has 8 nitrogen and oxygen atoms in total. The van der Waals surface area contributed by atoms with Crippen molar-refractivity contribution in [2.45, 2.75) is 24.3 Å². The monoisotopic (exact) mass is 499 g/mol. The highest BCUT2D eigenvalue weighted by Gasteiger charge is 2.24. The molecule has 0 aromatic heterocycles. The topological polar surface area (TPSA) is 114 Å². The Hall–Kier alpha value is -3.76. The molecule has 0 aliphatic carbocycles. The summed E-state index contributed by atoms with van der Waals surface area (Å²) < 4.78 is 45.6. The Kier molecular flexibility index (Phi) is 8.56. The van der Waals surface area contributed by atoms with E-state index >= 15 is 0 Å². The van der Waals surface area contributed by atoms with Crippen molar-refractivity contribution in [3.05, 3.63) is 89.7 Å². The fraction of sp³-hybridized carbons (Fsp3) is 0.200. The summed E-state index contributed by atoms with van der Waals surface area (Å²) in [4.78, 5) is 25.8. The number of amides is 2. The Morgan fingerprint density at radius 2 is 1.69 bits per heavy atom. The number of methoxy groups -OCH3 is 1. The van der Waals surface area contributed by atoms with Crippen molar-refractivity contribution in [1.29, 1.82) is 0 Å². The molecule has 0 fully saturated rings. The molecule has 35 heavy (non-hydrogen) atoms. The number of halogens is 1. The third kappa shape index (κ3) is 6.87. The summed E-state index contributed by atoms with van der Waals surface area (Å²) in [5, 5.41) is 5.40. The molecule has 0 spiro atoms. The number of hydrogen-bond donors (Lipinski definition) is 3. The van der Waals surface area contributed by atoms with Crippen LogP contribution in [0.25, 0.3) is 0 Å². The lowest BCUT2D eigenvalue weighted by Gasteiger charge is -2.19. The van der Waals surface area contributed by atoms with Gasteiger partial charge >= 0.3 is 0 Å². The number of hydrogen-bond acceptors (Lipinski definition) is 5.